The molecular weight excluding hydrogens is 322 g/mol. The number of rotatable bonds is 3. The summed E-state index contributed by atoms with van der Waals surface area (Å²) in [4.78, 5) is 5.15. The summed E-state index contributed by atoms with van der Waals surface area (Å²) >= 11 is 1.56. The summed E-state index contributed by atoms with van der Waals surface area (Å²) in [6.45, 7) is 0.270. The largest absolute Gasteiger partial charge is 0.454 e. The summed E-state index contributed by atoms with van der Waals surface area (Å²) in [5, 5.41) is 6.69. The molecule has 0 bridgehead atoms. The van der Waals surface area contributed by atoms with Gasteiger partial charge in [-0.1, -0.05) is 30.3 Å². The number of aromatic nitrogens is 1. The zero-order valence-electron chi connectivity index (χ0n) is 13.0. The van der Waals surface area contributed by atoms with Crippen LogP contribution in [0.1, 0.15) is 5.56 Å². The maximum Gasteiger partial charge on any atom is 0.231 e. The van der Waals surface area contributed by atoms with E-state index in [-0.39, 0.29) is 6.79 Å². The minimum atomic E-state index is 0.270. The normalized spacial score (nSPS) is 13.8. The van der Waals surface area contributed by atoms with Crippen LogP contribution < -0.4 is 14.3 Å². The fourth-order valence-electron chi connectivity index (χ4n) is 2.49. The molecule has 5 nitrogen and oxygen atoms in total. The molecular formula is C18H15N3O2S. The SMILES string of the molecule is CN=c1scc(-c2ccccc2)n1/N=C/c1ccc2c(c1)OCO2. The lowest BCUT2D eigenvalue weighted by Crippen LogP contribution is -2.11. The van der Waals surface area contributed by atoms with Crippen molar-refractivity contribution in [1.29, 1.82) is 0 Å². The van der Waals surface area contributed by atoms with Crippen molar-refractivity contribution in [2.75, 3.05) is 13.8 Å². The highest BCUT2D eigenvalue weighted by Gasteiger charge is 2.12. The van der Waals surface area contributed by atoms with Gasteiger partial charge in [-0.15, -0.1) is 11.3 Å². The van der Waals surface area contributed by atoms with Gasteiger partial charge in [0.25, 0.3) is 0 Å². The van der Waals surface area contributed by atoms with Crippen LogP contribution in [0.15, 0.2) is 64.0 Å². The van der Waals surface area contributed by atoms with E-state index in [9.17, 15) is 0 Å². The molecule has 3 aromatic rings. The third kappa shape index (κ3) is 2.72. The van der Waals surface area contributed by atoms with E-state index in [1.165, 1.54) is 0 Å². The highest BCUT2D eigenvalue weighted by Crippen LogP contribution is 2.32. The molecule has 0 atom stereocenters. The Kier molecular flexibility index (Phi) is 3.88. The lowest BCUT2D eigenvalue weighted by molar-refractivity contribution is 0.174. The smallest absolute Gasteiger partial charge is 0.231 e. The van der Waals surface area contributed by atoms with Gasteiger partial charge in [0.2, 0.25) is 11.6 Å². The van der Waals surface area contributed by atoms with Crippen molar-refractivity contribution < 1.29 is 9.47 Å². The quantitative estimate of drug-likeness (QED) is 0.688. The molecule has 0 saturated heterocycles. The number of hydrogen-bond donors (Lipinski definition) is 0. The van der Waals surface area contributed by atoms with E-state index in [1.807, 2.05) is 41.1 Å². The van der Waals surface area contributed by atoms with Crippen molar-refractivity contribution in [2.45, 2.75) is 0 Å². The first kappa shape index (κ1) is 14.7. The molecule has 24 heavy (non-hydrogen) atoms. The molecule has 1 aliphatic heterocycles. The lowest BCUT2D eigenvalue weighted by atomic mass is 10.2. The van der Waals surface area contributed by atoms with Crippen molar-refractivity contribution in [1.82, 2.24) is 4.68 Å². The maximum absolute atomic E-state index is 5.41. The van der Waals surface area contributed by atoms with Crippen LogP contribution in [0.3, 0.4) is 0 Å². The summed E-state index contributed by atoms with van der Waals surface area (Å²) in [7, 11) is 1.77. The number of fused-ring (bicyclic) bond motifs is 1. The van der Waals surface area contributed by atoms with E-state index in [0.29, 0.717) is 0 Å². The lowest BCUT2D eigenvalue weighted by Gasteiger charge is -2.03. The summed E-state index contributed by atoms with van der Waals surface area (Å²) in [6.07, 6.45) is 1.80. The fraction of sp³-hybridized carbons (Fsp3) is 0.111. The van der Waals surface area contributed by atoms with Gasteiger partial charge in [-0.3, -0.25) is 4.99 Å². The van der Waals surface area contributed by atoms with Crippen LogP contribution >= 0.6 is 11.3 Å². The van der Waals surface area contributed by atoms with Gasteiger partial charge in [0.15, 0.2) is 11.5 Å². The zero-order chi connectivity index (χ0) is 16.4. The summed E-state index contributed by atoms with van der Waals surface area (Å²) in [5.41, 5.74) is 3.06. The van der Waals surface area contributed by atoms with Crippen LogP contribution in [-0.4, -0.2) is 24.7 Å². The molecule has 0 fully saturated rings. The van der Waals surface area contributed by atoms with Crippen molar-refractivity contribution in [2.24, 2.45) is 10.1 Å². The molecule has 0 spiro atoms. The van der Waals surface area contributed by atoms with Crippen LogP contribution in [0.5, 0.6) is 11.5 Å². The number of benzene rings is 2. The van der Waals surface area contributed by atoms with E-state index in [1.54, 1.807) is 24.6 Å². The minimum absolute atomic E-state index is 0.270. The van der Waals surface area contributed by atoms with Crippen LogP contribution in [0, 0.1) is 0 Å². The van der Waals surface area contributed by atoms with Crippen molar-refractivity contribution in [3.63, 3.8) is 0 Å². The molecule has 2 aromatic carbocycles. The van der Waals surface area contributed by atoms with Gasteiger partial charge < -0.3 is 9.47 Å². The highest BCUT2D eigenvalue weighted by atomic mass is 32.1. The van der Waals surface area contributed by atoms with Gasteiger partial charge in [0.1, 0.15) is 0 Å². The zero-order valence-corrected chi connectivity index (χ0v) is 13.9. The average molecular weight is 337 g/mol. The Balaban J connectivity index is 1.73. The van der Waals surface area contributed by atoms with Crippen LogP contribution in [0.4, 0.5) is 0 Å². The second-order valence-electron chi connectivity index (χ2n) is 5.16. The molecule has 1 aromatic heterocycles. The molecule has 0 radical (unpaired) electrons. The molecule has 0 N–H and O–H groups in total. The van der Waals surface area contributed by atoms with E-state index < -0.39 is 0 Å². The Hall–Kier alpha value is -2.86. The standard InChI is InChI=1S/C18H15N3O2S/c1-19-18-21(15(11-24-18)14-5-3-2-4-6-14)20-10-13-7-8-16-17(9-13)23-12-22-16/h2-11H,12H2,1H3/b19-18?,20-10+. The van der Waals surface area contributed by atoms with Gasteiger partial charge in [0, 0.05) is 18.0 Å². The Morgan fingerprint density at radius 1 is 1.08 bits per heavy atom. The van der Waals surface area contributed by atoms with Crippen LogP contribution in [0.2, 0.25) is 0 Å². The summed E-state index contributed by atoms with van der Waals surface area (Å²) < 4.78 is 12.6. The summed E-state index contributed by atoms with van der Waals surface area (Å²) in [5.74, 6) is 1.52. The number of ether oxygens (including phenoxy) is 2. The number of hydrogen-bond acceptors (Lipinski definition) is 5. The van der Waals surface area contributed by atoms with Gasteiger partial charge >= 0.3 is 0 Å². The Labute approximate surface area is 143 Å². The monoisotopic (exact) mass is 337 g/mol. The number of thiazole rings is 1. The molecule has 0 saturated carbocycles. The third-order valence-electron chi connectivity index (χ3n) is 3.67. The Morgan fingerprint density at radius 3 is 2.75 bits per heavy atom. The second kappa shape index (κ2) is 6.33. The number of nitrogens with zero attached hydrogens (tertiary/aromatic N) is 3. The van der Waals surface area contributed by atoms with Crippen molar-refractivity contribution in [3.8, 4) is 22.8 Å². The Morgan fingerprint density at radius 2 is 1.92 bits per heavy atom. The van der Waals surface area contributed by atoms with Gasteiger partial charge in [-0.2, -0.15) is 5.10 Å². The average Bonchev–Trinajstić information content (AvgIpc) is 3.26. The van der Waals surface area contributed by atoms with E-state index in [2.05, 4.69) is 27.6 Å². The molecule has 0 amide bonds. The highest BCUT2D eigenvalue weighted by molar-refractivity contribution is 7.07. The van der Waals surface area contributed by atoms with E-state index in [4.69, 9.17) is 9.47 Å². The summed E-state index contributed by atoms with van der Waals surface area (Å²) in [6, 6.07) is 15.9. The first-order valence-corrected chi connectivity index (χ1v) is 8.36. The third-order valence-corrected chi connectivity index (χ3v) is 4.57. The molecule has 120 valence electrons. The van der Waals surface area contributed by atoms with Crippen LogP contribution in [0.25, 0.3) is 11.3 Å². The predicted molar refractivity (Wildman–Crippen MR) is 94.8 cm³/mol. The van der Waals surface area contributed by atoms with Crippen molar-refractivity contribution >= 4 is 17.6 Å². The van der Waals surface area contributed by atoms with E-state index in [0.717, 1.165) is 33.1 Å². The second-order valence-corrected chi connectivity index (χ2v) is 6.00. The predicted octanol–water partition coefficient (Wildman–Crippen LogP) is 3.36. The molecule has 0 unspecified atom stereocenters. The van der Waals surface area contributed by atoms with Gasteiger partial charge in [-0.25, -0.2) is 4.68 Å². The molecule has 4 rings (SSSR count). The molecule has 1 aliphatic rings. The topological polar surface area (TPSA) is 48.1 Å². The van der Waals surface area contributed by atoms with Crippen molar-refractivity contribution in [3.05, 3.63) is 64.3 Å². The van der Waals surface area contributed by atoms with Crippen LogP contribution in [-0.2, 0) is 0 Å². The minimum Gasteiger partial charge on any atom is -0.454 e. The van der Waals surface area contributed by atoms with Gasteiger partial charge in [-0.05, 0) is 23.8 Å². The molecule has 6 heteroatoms. The Bertz CT molecular complexity index is 958. The first-order chi connectivity index (χ1) is 11.8. The maximum atomic E-state index is 5.41. The van der Waals surface area contributed by atoms with E-state index >= 15 is 0 Å². The fourth-order valence-corrected chi connectivity index (χ4v) is 3.29. The molecule has 0 aliphatic carbocycles. The first-order valence-electron chi connectivity index (χ1n) is 7.48. The molecule has 2 heterocycles. The van der Waals surface area contributed by atoms with Gasteiger partial charge in [0.05, 0.1) is 11.9 Å².